The Labute approximate surface area is 177 Å². The molecule has 0 amide bonds. The molecule has 29 heavy (non-hydrogen) atoms. The van der Waals surface area contributed by atoms with Crippen molar-refractivity contribution in [3.8, 4) is 0 Å². The zero-order chi connectivity index (χ0) is 21.4. The lowest BCUT2D eigenvalue weighted by Crippen LogP contribution is -2.59. The van der Waals surface area contributed by atoms with Crippen LogP contribution in [0, 0.1) is 28.6 Å². The summed E-state index contributed by atoms with van der Waals surface area (Å²) in [5.41, 5.74) is 0.346. The van der Waals surface area contributed by atoms with Crippen molar-refractivity contribution < 1.29 is 23.7 Å². The molecule has 7 atom stereocenters. The predicted octanol–water partition coefficient (Wildman–Crippen LogP) is 4.96. The van der Waals surface area contributed by atoms with E-state index in [9.17, 15) is 4.79 Å². The Kier molecular flexibility index (Phi) is 6.72. The summed E-state index contributed by atoms with van der Waals surface area (Å²) in [4.78, 5) is 11.5. The number of carbonyl (C=O) groups is 1. The number of ether oxygens (including phenoxy) is 4. The number of carbonyl (C=O) groups excluding carboxylic acids is 1. The average Bonchev–Trinajstić information content (AvgIpc) is 2.95. The Morgan fingerprint density at radius 3 is 2.52 bits per heavy atom. The summed E-state index contributed by atoms with van der Waals surface area (Å²) < 4.78 is 23.4. The van der Waals surface area contributed by atoms with Gasteiger partial charge in [-0.3, -0.25) is 4.79 Å². The standard InChI is InChI=1S/C24H42O5/c1-16-18(27-14-19(16)29-17(2)25)13-21-23(5)11-8-10-22(3,4)20(23)9-12-24(21,6)28-15-26-7/h16,18-21H,8-15H2,1-7H3/t16?,18?,19?,20?,21-,23+,24-/m1/s1. The van der Waals surface area contributed by atoms with Crippen LogP contribution in [0.4, 0.5) is 0 Å². The molecule has 0 bridgehead atoms. The first-order chi connectivity index (χ1) is 13.5. The molecule has 0 aromatic carbocycles. The van der Waals surface area contributed by atoms with Crippen molar-refractivity contribution in [2.45, 2.75) is 97.9 Å². The molecular weight excluding hydrogens is 368 g/mol. The van der Waals surface area contributed by atoms with Gasteiger partial charge >= 0.3 is 5.97 Å². The van der Waals surface area contributed by atoms with Gasteiger partial charge in [0.25, 0.3) is 0 Å². The van der Waals surface area contributed by atoms with Crippen molar-refractivity contribution in [3.05, 3.63) is 0 Å². The third kappa shape index (κ3) is 4.38. The van der Waals surface area contributed by atoms with Crippen molar-refractivity contribution in [3.63, 3.8) is 0 Å². The topological polar surface area (TPSA) is 54.0 Å². The normalized spacial score (nSPS) is 44.3. The van der Waals surface area contributed by atoms with E-state index in [4.69, 9.17) is 18.9 Å². The number of rotatable bonds is 6. The first-order valence-electron chi connectivity index (χ1n) is 11.5. The molecule has 1 heterocycles. The number of methoxy groups -OCH3 is 1. The van der Waals surface area contributed by atoms with Gasteiger partial charge in [0.05, 0.1) is 18.3 Å². The van der Waals surface area contributed by atoms with Gasteiger partial charge in [-0.1, -0.05) is 34.1 Å². The highest BCUT2D eigenvalue weighted by Crippen LogP contribution is 2.64. The maximum atomic E-state index is 11.5. The molecule has 0 aromatic rings. The van der Waals surface area contributed by atoms with Crippen molar-refractivity contribution in [1.82, 2.24) is 0 Å². The van der Waals surface area contributed by atoms with Gasteiger partial charge in [-0.2, -0.15) is 0 Å². The van der Waals surface area contributed by atoms with E-state index < -0.39 is 0 Å². The minimum Gasteiger partial charge on any atom is -0.460 e. The van der Waals surface area contributed by atoms with Crippen LogP contribution < -0.4 is 0 Å². The van der Waals surface area contributed by atoms with Gasteiger partial charge in [-0.15, -0.1) is 0 Å². The van der Waals surface area contributed by atoms with E-state index in [1.807, 2.05) is 0 Å². The SMILES string of the molecule is COCO[C@]1(C)CCC2C(C)(C)CCC[C@]2(C)[C@H]1CC1OCC(OC(C)=O)C1C. The van der Waals surface area contributed by atoms with Crippen molar-refractivity contribution in [2.75, 3.05) is 20.5 Å². The van der Waals surface area contributed by atoms with Crippen LogP contribution >= 0.6 is 0 Å². The maximum Gasteiger partial charge on any atom is 0.302 e. The number of esters is 1. The fraction of sp³-hybridized carbons (Fsp3) is 0.958. The predicted molar refractivity (Wildman–Crippen MR) is 112 cm³/mol. The maximum absolute atomic E-state index is 11.5. The molecule has 168 valence electrons. The van der Waals surface area contributed by atoms with Crippen LogP contribution in [0.15, 0.2) is 0 Å². The quantitative estimate of drug-likeness (QED) is 0.457. The molecule has 0 N–H and O–H groups in total. The van der Waals surface area contributed by atoms with Crippen LogP contribution in [0.3, 0.4) is 0 Å². The Morgan fingerprint density at radius 1 is 1.14 bits per heavy atom. The van der Waals surface area contributed by atoms with Crippen LogP contribution in [0.25, 0.3) is 0 Å². The van der Waals surface area contributed by atoms with E-state index in [1.54, 1.807) is 7.11 Å². The van der Waals surface area contributed by atoms with E-state index in [0.717, 1.165) is 12.8 Å². The molecule has 2 saturated carbocycles. The molecule has 3 aliphatic rings. The molecular formula is C24H42O5. The second-order valence-corrected chi connectivity index (χ2v) is 11.0. The van der Waals surface area contributed by atoms with Crippen molar-refractivity contribution in [2.24, 2.45) is 28.6 Å². The zero-order valence-electron chi connectivity index (χ0n) is 19.6. The smallest absolute Gasteiger partial charge is 0.302 e. The van der Waals surface area contributed by atoms with Crippen LogP contribution in [-0.4, -0.2) is 44.3 Å². The lowest BCUT2D eigenvalue weighted by atomic mass is 9.45. The highest BCUT2D eigenvalue weighted by Gasteiger charge is 2.59. The van der Waals surface area contributed by atoms with Crippen LogP contribution in [0.2, 0.25) is 0 Å². The molecule has 4 unspecified atom stereocenters. The lowest BCUT2D eigenvalue weighted by molar-refractivity contribution is -0.227. The van der Waals surface area contributed by atoms with Gasteiger partial charge in [0, 0.05) is 20.0 Å². The van der Waals surface area contributed by atoms with Crippen molar-refractivity contribution in [1.29, 1.82) is 0 Å². The van der Waals surface area contributed by atoms with Gasteiger partial charge in [0.15, 0.2) is 0 Å². The molecule has 5 nitrogen and oxygen atoms in total. The fourth-order valence-corrected chi connectivity index (χ4v) is 7.12. The van der Waals surface area contributed by atoms with Crippen LogP contribution in [0.1, 0.15) is 80.1 Å². The second-order valence-electron chi connectivity index (χ2n) is 11.0. The van der Waals surface area contributed by atoms with Gasteiger partial charge in [-0.05, 0) is 61.7 Å². The average molecular weight is 411 g/mol. The summed E-state index contributed by atoms with van der Waals surface area (Å²) in [7, 11) is 1.70. The monoisotopic (exact) mass is 410 g/mol. The largest absolute Gasteiger partial charge is 0.460 e. The summed E-state index contributed by atoms with van der Waals surface area (Å²) >= 11 is 0. The van der Waals surface area contributed by atoms with Gasteiger partial charge in [0.2, 0.25) is 0 Å². The zero-order valence-corrected chi connectivity index (χ0v) is 19.6. The summed E-state index contributed by atoms with van der Waals surface area (Å²) in [5, 5.41) is 0. The van der Waals surface area contributed by atoms with Gasteiger partial charge in [0.1, 0.15) is 12.9 Å². The Bertz CT molecular complexity index is 590. The molecule has 3 rings (SSSR count). The Morgan fingerprint density at radius 2 is 1.86 bits per heavy atom. The third-order valence-electron chi connectivity index (χ3n) is 8.68. The van der Waals surface area contributed by atoms with Crippen LogP contribution in [-0.2, 0) is 23.7 Å². The molecule has 5 heteroatoms. The number of fused-ring (bicyclic) bond motifs is 1. The first kappa shape index (κ1) is 23.0. The highest BCUT2D eigenvalue weighted by molar-refractivity contribution is 5.66. The first-order valence-corrected chi connectivity index (χ1v) is 11.5. The third-order valence-corrected chi connectivity index (χ3v) is 8.68. The van der Waals surface area contributed by atoms with Crippen LogP contribution in [0.5, 0.6) is 0 Å². The fourth-order valence-electron chi connectivity index (χ4n) is 7.12. The number of hydrogen-bond acceptors (Lipinski definition) is 5. The molecule has 0 radical (unpaired) electrons. The molecule has 1 saturated heterocycles. The highest BCUT2D eigenvalue weighted by atomic mass is 16.7. The van der Waals surface area contributed by atoms with Crippen molar-refractivity contribution >= 4 is 5.97 Å². The van der Waals surface area contributed by atoms with E-state index in [2.05, 4.69) is 34.6 Å². The van der Waals surface area contributed by atoms with Gasteiger partial charge in [-0.25, -0.2) is 0 Å². The summed E-state index contributed by atoms with van der Waals surface area (Å²) in [6.07, 6.45) is 6.98. The Balaban J connectivity index is 1.86. The number of hydrogen-bond donors (Lipinski definition) is 0. The molecule has 1 aliphatic heterocycles. The summed E-state index contributed by atoms with van der Waals surface area (Å²) in [6, 6.07) is 0. The van der Waals surface area contributed by atoms with Gasteiger partial charge < -0.3 is 18.9 Å². The van der Waals surface area contributed by atoms with E-state index in [0.29, 0.717) is 30.7 Å². The minimum atomic E-state index is -0.225. The minimum absolute atomic E-state index is 0.0930. The Hall–Kier alpha value is -0.650. The van der Waals surface area contributed by atoms with E-state index in [1.165, 1.54) is 32.6 Å². The molecule has 3 fully saturated rings. The molecule has 2 aliphatic carbocycles. The molecule has 0 aromatic heterocycles. The van der Waals surface area contributed by atoms with E-state index in [-0.39, 0.29) is 35.1 Å². The summed E-state index contributed by atoms with van der Waals surface area (Å²) in [6.45, 7) is 14.2. The second kappa shape index (κ2) is 8.47. The molecule has 0 spiro atoms. The summed E-state index contributed by atoms with van der Waals surface area (Å²) in [5.74, 6) is 1.05. The van der Waals surface area contributed by atoms with E-state index >= 15 is 0 Å². The lowest BCUT2D eigenvalue weighted by Gasteiger charge is -2.62.